The molecule has 4 N–H and O–H groups in total. The molecule has 5 heterocycles. The molecule has 2 amide bonds. The summed E-state index contributed by atoms with van der Waals surface area (Å²) in [4.78, 5) is 49.2. The first-order chi connectivity index (χ1) is 18.4. The monoisotopic (exact) mass is 594 g/mol. The van der Waals surface area contributed by atoms with Crippen molar-refractivity contribution in [1.29, 1.82) is 0 Å². The van der Waals surface area contributed by atoms with Crippen LogP contribution in [-0.2, 0) is 22.4 Å². The summed E-state index contributed by atoms with van der Waals surface area (Å²) in [6, 6.07) is 6.96. The topological polar surface area (TPSA) is 148 Å². The van der Waals surface area contributed by atoms with Gasteiger partial charge in [0.05, 0.1) is 11.8 Å². The van der Waals surface area contributed by atoms with Crippen LogP contribution in [0.4, 0.5) is 16.4 Å². The third-order valence-corrected chi connectivity index (χ3v) is 8.06. The first kappa shape index (κ1) is 31.5. The molecule has 4 atom stereocenters. The third kappa shape index (κ3) is 7.01. The number of pyridine rings is 2. The molecular weight excluding hydrogens is 559 g/mol. The number of aromatic nitrogens is 2. The molecule has 0 spiro atoms. The van der Waals surface area contributed by atoms with Gasteiger partial charge < -0.3 is 20.8 Å². The predicted molar refractivity (Wildman–Crippen MR) is 155 cm³/mol. The SMILES string of the molecule is Cl.Cl.O=C(O)[C@@H](Cc1ccnc(N2CCN(c3cc(C[C@H](C(=O)O)[C@H]4CCNC4)ccn3)C2=O)c1)[C@H]1CCNC1. The number of anilines is 2. The lowest BCUT2D eigenvalue weighted by Crippen LogP contribution is -2.33. The van der Waals surface area contributed by atoms with Gasteiger partial charge in [-0.2, -0.15) is 0 Å². The van der Waals surface area contributed by atoms with Crippen LogP contribution >= 0.6 is 24.8 Å². The zero-order chi connectivity index (χ0) is 26.6. The van der Waals surface area contributed by atoms with Crippen LogP contribution in [0.2, 0.25) is 0 Å². The number of nitrogens with one attached hydrogen (secondary N) is 2. The molecule has 218 valence electrons. The van der Waals surface area contributed by atoms with E-state index in [1.54, 1.807) is 34.3 Å². The van der Waals surface area contributed by atoms with E-state index < -0.39 is 23.8 Å². The standard InChI is InChI=1S/C27H34N6O5.2ClH/c34-25(35)21(19-3-5-28-15-19)11-17-1-7-30-23(13-17)32-9-10-33(27(32)38)24-14-18(2-8-31-24)12-22(26(36)37)20-4-6-29-16-20;;/h1-2,7-8,13-14,19-22,28-29H,3-6,9-12,15-16H2,(H,34,35)(H,36,37);2*1H/t19-,20-,21-,22-;;/m0../s1. The summed E-state index contributed by atoms with van der Waals surface area (Å²) in [5, 5.41) is 26.1. The Labute approximate surface area is 245 Å². The minimum absolute atomic E-state index is 0. The number of carboxylic acid groups (broad SMARTS) is 2. The first-order valence-electron chi connectivity index (χ1n) is 13.3. The van der Waals surface area contributed by atoms with Crippen LogP contribution in [0.15, 0.2) is 36.7 Å². The zero-order valence-electron chi connectivity index (χ0n) is 22.1. The van der Waals surface area contributed by atoms with Crippen molar-refractivity contribution in [3.8, 4) is 0 Å². The molecule has 2 aromatic rings. The molecule has 3 aliphatic heterocycles. The van der Waals surface area contributed by atoms with Crippen molar-refractivity contribution in [2.75, 3.05) is 49.1 Å². The molecule has 3 fully saturated rings. The summed E-state index contributed by atoms with van der Waals surface area (Å²) < 4.78 is 0. The molecule has 13 heteroatoms. The lowest BCUT2D eigenvalue weighted by atomic mass is 9.86. The van der Waals surface area contributed by atoms with Crippen molar-refractivity contribution < 1.29 is 24.6 Å². The maximum Gasteiger partial charge on any atom is 0.331 e. The molecule has 3 saturated heterocycles. The van der Waals surface area contributed by atoms with Gasteiger partial charge in [-0.05, 0) is 99.1 Å². The fourth-order valence-electron chi connectivity index (χ4n) is 5.89. The van der Waals surface area contributed by atoms with Crippen LogP contribution in [0.25, 0.3) is 0 Å². The Kier molecular flexibility index (Phi) is 11.1. The van der Waals surface area contributed by atoms with Gasteiger partial charge in [0.25, 0.3) is 0 Å². The molecule has 0 aliphatic carbocycles. The fraction of sp³-hybridized carbons (Fsp3) is 0.519. The molecule has 0 bridgehead atoms. The van der Waals surface area contributed by atoms with E-state index >= 15 is 0 Å². The predicted octanol–water partition coefficient (Wildman–Crippen LogP) is 2.47. The molecule has 40 heavy (non-hydrogen) atoms. The van der Waals surface area contributed by atoms with Gasteiger partial charge in [0, 0.05) is 25.5 Å². The van der Waals surface area contributed by atoms with E-state index in [1.165, 1.54) is 0 Å². The van der Waals surface area contributed by atoms with Crippen molar-refractivity contribution in [3.63, 3.8) is 0 Å². The Hall–Kier alpha value is -2.99. The minimum Gasteiger partial charge on any atom is -0.481 e. The molecule has 0 unspecified atom stereocenters. The van der Waals surface area contributed by atoms with Gasteiger partial charge in [-0.15, -0.1) is 24.8 Å². The average Bonchev–Trinajstić information content (AvgIpc) is 3.69. The number of carbonyl (C=O) groups excluding carboxylic acids is 1. The second-order valence-corrected chi connectivity index (χ2v) is 10.4. The number of hydrogen-bond acceptors (Lipinski definition) is 7. The van der Waals surface area contributed by atoms with Crippen LogP contribution in [0.1, 0.15) is 24.0 Å². The van der Waals surface area contributed by atoms with Crippen LogP contribution in [0, 0.1) is 23.7 Å². The maximum atomic E-state index is 13.4. The number of carbonyl (C=O) groups is 3. The normalized spacial score (nSPS) is 21.9. The lowest BCUT2D eigenvalue weighted by molar-refractivity contribution is -0.144. The summed E-state index contributed by atoms with van der Waals surface area (Å²) >= 11 is 0. The van der Waals surface area contributed by atoms with Crippen LogP contribution < -0.4 is 20.4 Å². The van der Waals surface area contributed by atoms with E-state index in [0.29, 0.717) is 50.7 Å². The Morgan fingerprint density at radius 3 is 1.60 bits per heavy atom. The zero-order valence-corrected chi connectivity index (χ0v) is 23.7. The van der Waals surface area contributed by atoms with Gasteiger partial charge in [0.15, 0.2) is 0 Å². The molecule has 0 aromatic carbocycles. The number of hydrogen-bond donors (Lipinski definition) is 4. The number of rotatable bonds is 10. The van der Waals surface area contributed by atoms with E-state index in [1.807, 2.05) is 12.1 Å². The second kappa shape index (κ2) is 14.1. The first-order valence-corrected chi connectivity index (χ1v) is 13.3. The van der Waals surface area contributed by atoms with Crippen LogP contribution in [-0.4, -0.2) is 77.4 Å². The smallest absolute Gasteiger partial charge is 0.331 e. The summed E-state index contributed by atoms with van der Waals surface area (Å²) in [5.74, 6) is -1.46. The minimum atomic E-state index is -0.805. The summed E-state index contributed by atoms with van der Waals surface area (Å²) in [6.45, 7) is 3.90. The van der Waals surface area contributed by atoms with E-state index in [9.17, 15) is 24.6 Å². The molecule has 2 aromatic heterocycles. The number of nitrogens with zero attached hydrogens (tertiary/aromatic N) is 4. The van der Waals surface area contributed by atoms with Gasteiger partial charge in [-0.1, -0.05) is 0 Å². The highest BCUT2D eigenvalue weighted by molar-refractivity contribution is 6.05. The number of aliphatic carboxylic acids is 2. The van der Waals surface area contributed by atoms with Crippen molar-refractivity contribution in [3.05, 3.63) is 47.8 Å². The fourth-order valence-corrected chi connectivity index (χ4v) is 5.89. The van der Waals surface area contributed by atoms with Crippen molar-refractivity contribution in [1.82, 2.24) is 20.6 Å². The summed E-state index contributed by atoms with van der Waals surface area (Å²) in [7, 11) is 0. The van der Waals surface area contributed by atoms with Crippen LogP contribution in [0.3, 0.4) is 0 Å². The van der Waals surface area contributed by atoms with E-state index in [-0.39, 0.29) is 42.7 Å². The summed E-state index contributed by atoms with van der Waals surface area (Å²) in [6.07, 6.45) is 5.68. The quantitative estimate of drug-likeness (QED) is 0.325. The van der Waals surface area contributed by atoms with E-state index in [0.717, 1.165) is 37.1 Å². The molecule has 3 aliphatic rings. The number of carboxylic acids is 2. The molecule has 0 radical (unpaired) electrons. The Morgan fingerprint density at radius 2 is 1.25 bits per heavy atom. The third-order valence-electron chi connectivity index (χ3n) is 8.06. The lowest BCUT2D eigenvalue weighted by Gasteiger charge is -2.21. The number of halogens is 2. The van der Waals surface area contributed by atoms with Crippen molar-refractivity contribution in [2.45, 2.75) is 25.7 Å². The van der Waals surface area contributed by atoms with Gasteiger partial charge in [-0.3, -0.25) is 19.4 Å². The van der Waals surface area contributed by atoms with E-state index in [4.69, 9.17) is 0 Å². The Morgan fingerprint density at radius 1 is 0.825 bits per heavy atom. The Bertz CT molecular complexity index is 1100. The Balaban J connectivity index is 0.00000220. The summed E-state index contributed by atoms with van der Waals surface area (Å²) in [5.41, 5.74) is 1.67. The average molecular weight is 596 g/mol. The molecular formula is C27H36Cl2N6O5. The molecule has 11 nitrogen and oxygen atoms in total. The van der Waals surface area contributed by atoms with Gasteiger partial charge >= 0.3 is 18.0 Å². The highest BCUT2D eigenvalue weighted by Gasteiger charge is 2.35. The van der Waals surface area contributed by atoms with Gasteiger partial charge in [-0.25, -0.2) is 14.8 Å². The van der Waals surface area contributed by atoms with Gasteiger partial charge in [0.2, 0.25) is 0 Å². The maximum absolute atomic E-state index is 13.4. The second-order valence-electron chi connectivity index (χ2n) is 10.4. The number of amides is 2. The highest BCUT2D eigenvalue weighted by Crippen LogP contribution is 2.29. The van der Waals surface area contributed by atoms with E-state index in [2.05, 4.69) is 20.6 Å². The molecule has 5 rings (SSSR count). The highest BCUT2D eigenvalue weighted by atomic mass is 35.5. The van der Waals surface area contributed by atoms with Crippen LogP contribution in [0.5, 0.6) is 0 Å². The van der Waals surface area contributed by atoms with Gasteiger partial charge in [0.1, 0.15) is 11.6 Å². The van der Waals surface area contributed by atoms with Crippen molar-refractivity contribution in [2.24, 2.45) is 23.7 Å². The molecule has 0 saturated carbocycles. The largest absolute Gasteiger partial charge is 0.481 e. The number of urea groups is 1. The van der Waals surface area contributed by atoms with Crippen molar-refractivity contribution >= 4 is 54.4 Å².